The number of nitrogens with zero attached hydrogens (tertiary/aromatic N) is 3. The number of H-pyrrole nitrogens is 1. The summed E-state index contributed by atoms with van der Waals surface area (Å²) in [6.07, 6.45) is 3.61. The Morgan fingerprint density at radius 3 is 2.69 bits per heavy atom. The molecule has 2 aromatic heterocycles. The number of fused-ring (bicyclic) bond motifs is 2. The van der Waals surface area contributed by atoms with Gasteiger partial charge in [0.15, 0.2) is 0 Å². The van der Waals surface area contributed by atoms with Crippen molar-refractivity contribution in [2.24, 2.45) is 0 Å². The summed E-state index contributed by atoms with van der Waals surface area (Å²) < 4.78 is 0. The van der Waals surface area contributed by atoms with Crippen molar-refractivity contribution in [3.63, 3.8) is 0 Å². The number of aromatic amines is 1. The monoisotopic (exact) mass is 341 g/mol. The maximum absolute atomic E-state index is 4.53. The van der Waals surface area contributed by atoms with Crippen LogP contribution in [-0.2, 0) is 13.1 Å². The summed E-state index contributed by atoms with van der Waals surface area (Å²) in [5.74, 6) is 0. The molecular formula is C21H19N5. The standard InChI is InChI=1S/C21H19N5/c1-2-4-15(5-3-1)12-26-13-17-10-18-20(11-19(17)23-14-26)24-25-21(18)16-6-8-22-9-7-16/h1-11,23H,12-14H2,(H,24,25). The lowest BCUT2D eigenvalue weighted by Gasteiger charge is -2.30. The lowest BCUT2D eigenvalue weighted by atomic mass is 10.0. The van der Waals surface area contributed by atoms with Gasteiger partial charge >= 0.3 is 0 Å². The van der Waals surface area contributed by atoms with Crippen molar-refractivity contribution in [2.75, 3.05) is 12.0 Å². The van der Waals surface area contributed by atoms with E-state index in [9.17, 15) is 0 Å². The van der Waals surface area contributed by atoms with Crippen molar-refractivity contribution >= 4 is 16.6 Å². The molecule has 0 spiro atoms. The van der Waals surface area contributed by atoms with Crippen molar-refractivity contribution in [1.82, 2.24) is 20.1 Å². The zero-order valence-electron chi connectivity index (χ0n) is 14.3. The average molecular weight is 341 g/mol. The van der Waals surface area contributed by atoms with E-state index in [4.69, 9.17) is 0 Å². The highest BCUT2D eigenvalue weighted by atomic mass is 15.2. The Morgan fingerprint density at radius 1 is 1.00 bits per heavy atom. The van der Waals surface area contributed by atoms with E-state index in [1.54, 1.807) is 12.4 Å². The molecule has 0 amide bonds. The Hall–Kier alpha value is -3.18. The third-order valence-corrected chi connectivity index (χ3v) is 4.88. The molecule has 0 aliphatic carbocycles. The summed E-state index contributed by atoms with van der Waals surface area (Å²) in [5.41, 5.74) is 6.93. The van der Waals surface area contributed by atoms with E-state index in [1.165, 1.54) is 16.8 Å². The van der Waals surface area contributed by atoms with Crippen LogP contribution < -0.4 is 5.32 Å². The minimum Gasteiger partial charge on any atom is -0.372 e. The fraction of sp³-hybridized carbons (Fsp3) is 0.143. The van der Waals surface area contributed by atoms with Gasteiger partial charge in [0.25, 0.3) is 0 Å². The van der Waals surface area contributed by atoms with Gasteiger partial charge in [-0.05, 0) is 35.4 Å². The summed E-state index contributed by atoms with van der Waals surface area (Å²) in [6, 6.07) is 19.0. The summed E-state index contributed by atoms with van der Waals surface area (Å²) in [5, 5.41) is 12.4. The first-order chi connectivity index (χ1) is 12.9. The van der Waals surface area contributed by atoms with Crippen LogP contribution >= 0.6 is 0 Å². The number of aromatic nitrogens is 3. The molecule has 0 fully saturated rings. The molecule has 0 atom stereocenters. The van der Waals surface area contributed by atoms with Crippen LogP contribution in [0.4, 0.5) is 5.69 Å². The molecule has 1 aliphatic heterocycles. The number of anilines is 1. The number of rotatable bonds is 3. The van der Waals surface area contributed by atoms with Crippen molar-refractivity contribution < 1.29 is 0 Å². The van der Waals surface area contributed by atoms with Gasteiger partial charge in [0.2, 0.25) is 0 Å². The fourth-order valence-corrected chi connectivity index (χ4v) is 3.58. The molecule has 0 radical (unpaired) electrons. The smallest absolute Gasteiger partial charge is 0.100 e. The Balaban J connectivity index is 1.48. The number of hydrogen-bond donors (Lipinski definition) is 2. The molecule has 26 heavy (non-hydrogen) atoms. The molecule has 1 aliphatic rings. The summed E-state index contributed by atoms with van der Waals surface area (Å²) in [4.78, 5) is 6.51. The average Bonchev–Trinajstić information content (AvgIpc) is 3.10. The van der Waals surface area contributed by atoms with Crippen LogP contribution in [0.25, 0.3) is 22.2 Å². The van der Waals surface area contributed by atoms with E-state index in [0.717, 1.165) is 41.9 Å². The molecule has 5 rings (SSSR count). The molecule has 4 aromatic rings. The fourth-order valence-electron chi connectivity index (χ4n) is 3.58. The number of hydrogen-bond acceptors (Lipinski definition) is 4. The van der Waals surface area contributed by atoms with Gasteiger partial charge < -0.3 is 5.32 Å². The van der Waals surface area contributed by atoms with Crippen molar-refractivity contribution in [1.29, 1.82) is 0 Å². The first-order valence-corrected chi connectivity index (χ1v) is 8.78. The third kappa shape index (κ3) is 2.72. The zero-order chi connectivity index (χ0) is 17.3. The minimum atomic E-state index is 0.846. The van der Waals surface area contributed by atoms with Crippen LogP contribution in [0.1, 0.15) is 11.1 Å². The molecule has 0 bridgehead atoms. The topological polar surface area (TPSA) is 56.8 Å². The molecule has 128 valence electrons. The molecular weight excluding hydrogens is 322 g/mol. The number of nitrogens with one attached hydrogen (secondary N) is 2. The zero-order valence-corrected chi connectivity index (χ0v) is 14.3. The van der Waals surface area contributed by atoms with Crippen LogP contribution in [0.5, 0.6) is 0 Å². The SMILES string of the molecule is c1ccc(CN2CNc3cc4[nH]nc(-c5ccncc5)c4cc3C2)cc1. The van der Waals surface area contributed by atoms with Crippen LogP contribution in [0.3, 0.4) is 0 Å². The molecule has 3 heterocycles. The highest BCUT2D eigenvalue weighted by Gasteiger charge is 2.18. The molecule has 0 unspecified atom stereocenters. The Labute approximate surface area is 151 Å². The lowest BCUT2D eigenvalue weighted by molar-refractivity contribution is 0.267. The van der Waals surface area contributed by atoms with Gasteiger partial charge in [-0.15, -0.1) is 0 Å². The molecule has 2 aromatic carbocycles. The van der Waals surface area contributed by atoms with E-state index in [0.29, 0.717) is 0 Å². The first-order valence-electron chi connectivity index (χ1n) is 8.78. The minimum absolute atomic E-state index is 0.846. The molecule has 5 nitrogen and oxygen atoms in total. The predicted octanol–water partition coefficient (Wildman–Crippen LogP) is 4.01. The molecule has 0 saturated carbocycles. The van der Waals surface area contributed by atoms with Crippen molar-refractivity contribution in [3.05, 3.63) is 78.1 Å². The van der Waals surface area contributed by atoms with Gasteiger partial charge in [0, 0.05) is 42.1 Å². The maximum Gasteiger partial charge on any atom is 0.100 e. The van der Waals surface area contributed by atoms with Gasteiger partial charge in [-0.2, -0.15) is 5.10 Å². The van der Waals surface area contributed by atoms with Crippen LogP contribution in [0, 0.1) is 0 Å². The summed E-state index contributed by atoms with van der Waals surface area (Å²) >= 11 is 0. The largest absolute Gasteiger partial charge is 0.372 e. The Bertz CT molecular complexity index is 1040. The molecule has 5 heteroatoms. The van der Waals surface area contributed by atoms with Gasteiger partial charge in [0.1, 0.15) is 5.69 Å². The molecule has 2 N–H and O–H groups in total. The van der Waals surface area contributed by atoms with E-state index >= 15 is 0 Å². The molecule has 0 saturated heterocycles. The second kappa shape index (κ2) is 6.28. The van der Waals surface area contributed by atoms with E-state index in [-0.39, 0.29) is 0 Å². The van der Waals surface area contributed by atoms with E-state index in [1.807, 2.05) is 12.1 Å². The lowest BCUT2D eigenvalue weighted by Crippen LogP contribution is -2.33. The summed E-state index contributed by atoms with van der Waals surface area (Å²) in [7, 11) is 0. The van der Waals surface area contributed by atoms with Gasteiger partial charge in [-0.3, -0.25) is 15.0 Å². The van der Waals surface area contributed by atoms with Crippen molar-refractivity contribution in [3.8, 4) is 11.3 Å². The maximum atomic E-state index is 4.53. The van der Waals surface area contributed by atoms with Gasteiger partial charge in [0.05, 0.1) is 12.2 Å². The third-order valence-electron chi connectivity index (χ3n) is 4.88. The quantitative estimate of drug-likeness (QED) is 0.591. The van der Waals surface area contributed by atoms with Crippen LogP contribution in [-0.4, -0.2) is 26.7 Å². The van der Waals surface area contributed by atoms with Crippen molar-refractivity contribution in [2.45, 2.75) is 13.1 Å². The van der Waals surface area contributed by atoms with Crippen LogP contribution in [0.15, 0.2) is 67.0 Å². The highest BCUT2D eigenvalue weighted by Crippen LogP contribution is 2.32. The van der Waals surface area contributed by atoms with Gasteiger partial charge in [-0.25, -0.2) is 0 Å². The Kier molecular flexibility index (Phi) is 3.65. The normalized spacial score (nSPS) is 14.2. The predicted molar refractivity (Wildman–Crippen MR) is 104 cm³/mol. The highest BCUT2D eigenvalue weighted by molar-refractivity contribution is 5.95. The van der Waals surface area contributed by atoms with Gasteiger partial charge in [-0.1, -0.05) is 30.3 Å². The second-order valence-electron chi connectivity index (χ2n) is 6.67. The Morgan fingerprint density at radius 2 is 1.85 bits per heavy atom. The van der Waals surface area contributed by atoms with E-state index in [2.05, 4.69) is 67.9 Å². The summed E-state index contributed by atoms with van der Waals surface area (Å²) in [6.45, 7) is 2.71. The number of pyridine rings is 1. The van der Waals surface area contributed by atoms with Crippen LogP contribution in [0.2, 0.25) is 0 Å². The number of benzene rings is 2. The van der Waals surface area contributed by atoms with E-state index < -0.39 is 0 Å². The second-order valence-corrected chi connectivity index (χ2v) is 6.67. The first kappa shape index (κ1) is 15.1.